The number of carbonyl (C=O) groups excluding carboxylic acids is 1. The van der Waals surface area contributed by atoms with E-state index in [1.54, 1.807) is 48.8 Å². The van der Waals surface area contributed by atoms with Crippen LogP contribution in [0.2, 0.25) is 0 Å². The van der Waals surface area contributed by atoms with Gasteiger partial charge in [-0.2, -0.15) is 0 Å². The van der Waals surface area contributed by atoms with Crippen molar-refractivity contribution in [1.29, 1.82) is 0 Å². The molecule has 1 aliphatic carbocycles. The number of fused-ring (bicyclic) bond motifs is 2. The van der Waals surface area contributed by atoms with Crippen LogP contribution in [0.15, 0.2) is 58.1 Å². The average molecular weight is 442 g/mol. The van der Waals surface area contributed by atoms with Crippen molar-refractivity contribution in [2.24, 2.45) is 0 Å². The van der Waals surface area contributed by atoms with E-state index in [1.807, 2.05) is 0 Å². The van der Waals surface area contributed by atoms with Crippen LogP contribution in [0.3, 0.4) is 0 Å². The molecule has 9 heteroatoms. The van der Waals surface area contributed by atoms with Gasteiger partial charge in [-0.3, -0.25) is 9.78 Å². The van der Waals surface area contributed by atoms with E-state index < -0.39 is 15.1 Å². The number of ether oxygens (including phenoxy) is 2. The van der Waals surface area contributed by atoms with Crippen LogP contribution in [-0.4, -0.2) is 43.6 Å². The van der Waals surface area contributed by atoms with Gasteiger partial charge in [-0.05, 0) is 49.1 Å². The number of aromatic nitrogens is 1. The molecule has 2 aromatic heterocycles. The van der Waals surface area contributed by atoms with Gasteiger partial charge in [0.25, 0.3) is 5.91 Å². The number of hydrogen-bond donors (Lipinski definition) is 1. The molecule has 31 heavy (non-hydrogen) atoms. The van der Waals surface area contributed by atoms with Crippen molar-refractivity contribution < 1.29 is 27.1 Å². The van der Waals surface area contributed by atoms with Crippen molar-refractivity contribution in [2.45, 2.75) is 48.2 Å². The smallest absolute Gasteiger partial charge is 0.287 e. The molecule has 3 heterocycles. The molecule has 1 amide bonds. The fraction of sp³-hybridized carbons (Fsp3) is 0.364. The van der Waals surface area contributed by atoms with Crippen LogP contribution < -0.4 is 5.32 Å². The minimum atomic E-state index is -3.45. The van der Waals surface area contributed by atoms with Crippen LogP contribution in [0.5, 0.6) is 0 Å². The third-order valence-corrected chi connectivity index (χ3v) is 8.17. The molecule has 0 spiro atoms. The fourth-order valence-corrected chi connectivity index (χ4v) is 5.97. The molecular formula is C22H22N2O6S. The van der Waals surface area contributed by atoms with Crippen molar-refractivity contribution in [3.63, 3.8) is 0 Å². The maximum atomic E-state index is 13.0. The predicted octanol–water partition coefficient (Wildman–Crippen LogP) is 2.83. The molecule has 2 aliphatic rings. The molecule has 162 valence electrons. The summed E-state index contributed by atoms with van der Waals surface area (Å²) < 4.78 is 42.6. The number of nitrogens with zero attached hydrogens (tertiary/aromatic N) is 1. The second-order valence-electron chi connectivity index (χ2n) is 7.86. The van der Waals surface area contributed by atoms with E-state index >= 15 is 0 Å². The molecule has 5 rings (SSSR count). The van der Waals surface area contributed by atoms with Crippen molar-refractivity contribution in [3.8, 4) is 0 Å². The van der Waals surface area contributed by atoms with Gasteiger partial charge in [-0.25, -0.2) is 8.42 Å². The summed E-state index contributed by atoms with van der Waals surface area (Å²) in [5.41, 5.74) is 1.34. The Morgan fingerprint density at radius 1 is 1.10 bits per heavy atom. The lowest BCUT2D eigenvalue weighted by atomic mass is 9.94. The number of rotatable bonds is 5. The Balaban J connectivity index is 1.23. The Hall–Kier alpha value is -2.75. The number of nitrogens with one attached hydrogen (secondary N) is 1. The highest BCUT2D eigenvalue weighted by molar-refractivity contribution is 7.92. The number of amides is 1. The van der Waals surface area contributed by atoms with Crippen molar-refractivity contribution in [3.05, 3.63) is 60.1 Å². The Morgan fingerprint density at radius 3 is 2.71 bits per heavy atom. The zero-order chi connectivity index (χ0) is 21.4. The number of sulfone groups is 1. The summed E-state index contributed by atoms with van der Waals surface area (Å²) in [7, 11) is -3.45. The number of pyridine rings is 1. The van der Waals surface area contributed by atoms with E-state index in [9.17, 15) is 13.2 Å². The van der Waals surface area contributed by atoms with E-state index in [0.29, 0.717) is 24.8 Å². The zero-order valence-electron chi connectivity index (χ0n) is 16.7. The SMILES string of the molecule is O=C(NCc1ccc(S(=O)(=O)C2CCC3OCOC3C2)cc1)c1cc2ccncc2o1. The molecule has 1 saturated heterocycles. The van der Waals surface area contributed by atoms with Gasteiger partial charge in [-0.1, -0.05) is 12.1 Å². The maximum Gasteiger partial charge on any atom is 0.287 e. The molecule has 3 aromatic rings. The summed E-state index contributed by atoms with van der Waals surface area (Å²) >= 11 is 0. The summed E-state index contributed by atoms with van der Waals surface area (Å²) in [5.74, 6) is -0.139. The quantitative estimate of drug-likeness (QED) is 0.647. The highest BCUT2D eigenvalue weighted by Crippen LogP contribution is 2.34. The third-order valence-electron chi connectivity index (χ3n) is 5.94. The summed E-state index contributed by atoms with van der Waals surface area (Å²) in [4.78, 5) is 16.6. The van der Waals surface area contributed by atoms with E-state index in [0.717, 1.165) is 10.9 Å². The molecular weight excluding hydrogens is 420 g/mol. The Bertz CT molecular complexity index is 1170. The highest BCUT2D eigenvalue weighted by atomic mass is 32.2. The number of hydrogen-bond acceptors (Lipinski definition) is 7. The minimum absolute atomic E-state index is 0.0143. The van der Waals surface area contributed by atoms with Crippen LogP contribution in [0.4, 0.5) is 0 Å². The van der Waals surface area contributed by atoms with Gasteiger partial charge >= 0.3 is 0 Å². The second kappa shape index (κ2) is 8.07. The van der Waals surface area contributed by atoms with Gasteiger partial charge in [0.2, 0.25) is 0 Å². The van der Waals surface area contributed by atoms with Gasteiger partial charge < -0.3 is 19.2 Å². The van der Waals surface area contributed by atoms with Gasteiger partial charge in [0.1, 0.15) is 6.79 Å². The van der Waals surface area contributed by atoms with Crippen LogP contribution in [0.1, 0.15) is 35.4 Å². The van der Waals surface area contributed by atoms with Crippen molar-refractivity contribution in [1.82, 2.24) is 10.3 Å². The lowest BCUT2D eigenvalue weighted by Gasteiger charge is -2.29. The number of furan rings is 1. The molecule has 1 N–H and O–H groups in total. The molecule has 1 aliphatic heterocycles. The second-order valence-corrected chi connectivity index (χ2v) is 10.1. The third kappa shape index (κ3) is 3.96. The lowest BCUT2D eigenvalue weighted by Crippen LogP contribution is -2.37. The van der Waals surface area contributed by atoms with Crippen molar-refractivity contribution >= 4 is 26.7 Å². The fourth-order valence-electron chi connectivity index (χ4n) is 4.18. The van der Waals surface area contributed by atoms with Gasteiger partial charge in [-0.15, -0.1) is 0 Å². The topological polar surface area (TPSA) is 108 Å². The summed E-state index contributed by atoms with van der Waals surface area (Å²) in [5, 5.41) is 3.13. The highest BCUT2D eigenvalue weighted by Gasteiger charge is 2.41. The minimum Gasteiger partial charge on any atom is -0.449 e. The first-order valence-electron chi connectivity index (χ1n) is 10.2. The molecule has 3 atom stereocenters. The first-order valence-corrected chi connectivity index (χ1v) is 11.7. The molecule has 1 saturated carbocycles. The van der Waals surface area contributed by atoms with Crippen LogP contribution in [0, 0.1) is 0 Å². The zero-order valence-corrected chi connectivity index (χ0v) is 17.5. The van der Waals surface area contributed by atoms with Gasteiger partial charge in [0, 0.05) is 18.1 Å². The first kappa shape index (κ1) is 20.2. The maximum absolute atomic E-state index is 13.0. The van der Waals surface area contributed by atoms with Crippen LogP contribution >= 0.6 is 0 Å². The van der Waals surface area contributed by atoms with E-state index in [-0.39, 0.29) is 42.1 Å². The van der Waals surface area contributed by atoms with Crippen LogP contribution in [-0.2, 0) is 25.9 Å². The molecule has 1 aromatic carbocycles. The number of benzene rings is 1. The average Bonchev–Trinajstić information content (AvgIpc) is 3.44. The Labute approximate surface area is 179 Å². The molecule has 0 radical (unpaired) electrons. The van der Waals surface area contributed by atoms with Gasteiger partial charge in [0.05, 0.1) is 28.6 Å². The summed E-state index contributed by atoms with van der Waals surface area (Å²) in [6.45, 7) is 0.500. The Morgan fingerprint density at radius 2 is 1.90 bits per heavy atom. The van der Waals surface area contributed by atoms with E-state index in [2.05, 4.69) is 10.3 Å². The first-order chi connectivity index (χ1) is 15.0. The number of carbonyl (C=O) groups is 1. The summed E-state index contributed by atoms with van der Waals surface area (Å²) in [6, 6.07) is 10.1. The van der Waals surface area contributed by atoms with Crippen LogP contribution in [0.25, 0.3) is 11.0 Å². The standard InChI is InChI=1S/C22H22N2O6S/c25-22(20-9-15-7-8-23-12-21(15)30-20)24-11-14-1-3-16(4-2-14)31(26,27)17-5-6-18-19(10-17)29-13-28-18/h1-4,7-9,12,17-19H,5-6,10-11,13H2,(H,24,25). The molecule has 3 unspecified atom stereocenters. The predicted molar refractivity (Wildman–Crippen MR) is 111 cm³/mol. The summed E-state index contributed by atoms with van der Waals surface area (Å²) in [6.07, 6.45) is 4.78. The Kier molecular flexibility index (Phi) is 5.25. The monoisotopic (exact) mass is 442 g/mol. The molecule has 8 nitrogen and oxygen atoms in total. The van der Waals surface area contributed by atoms with E-state index in [1.165, 1.54) is 0 Å². The molecule has 2 fully saturated rings. The molecule has 0 bridgehead atoms. The van der Waals surface area contributed by atoms with Crippen molar-refractivity contribution in [2.75, 3.05) is 6.79 Å². The lowest BCUT2D eigenvalue weighted by molar-refractivity contribution is 0.0396. The normalized spacial score (nSPS) is 23.5. The largest absolute Gasteiger partial charge is 0.449 e. The van der Waals surface area contributed by atoms with Gasteiger partial charge in [0.15, 0.2) is 21.2 Å². The van der Waals surface area contributed by atoms with E-state index in [4.69, 9.17) is 13.9 Å².